The van der Waals surface area contributed by atoms with Gasteiger partial charge in [0, 0.05) is 32.0 Å². The highest BCUT2D eigenvalue weighted by Gasteiger charge is 2.16. The first kappa shape index (κ1) is 19.4. The van der Waals surface area contributed by atoms with Gasteiger partial charge < -0.3 is 15.5 Å². The summed E-state index contributed by atoms with van der Waals surface area (Å²) < 4.78 is 1.88. The van der Waals surface area contributed by atoms with Gasteiger partial charge >= 0.3 is 0 Å². The number of hydrogen-bond donors (Lipinski definition) is 2. The maximum atomic E-state index is 4.81. The summed E-state index contributed by atoms with van der Waals surface area (Å²) in [6, 6.07) is 10.5. The standard InChI is InChI=1S/C21H32N6/c1-3-22-21(24-17-19-10-15-26(2)16-11-19)23-13-9-18-5-7-20(8-6-18)27-14-4-12-25-27/h4-8,12,14,19H,3,9-11,13,15-17H2,1-2H3,(H2,22,23,24). The van der Waals surface area contributed by atoms with E-state index in [1.54, 1.807) is 6.20 Å². The van der Waals surface area contributed by atoms with Crippen molar-refractivity contribution in [3.8, 4) is 5.69 Å². The molecule has 1 aliphatic heterocycles. The minimum Gasteiger partial charge on any atom is -0.357 e. The number of aromatic nitrogens is 2. The Hall–Kier alpha value is -2.34. The van der Waals surface area contributed by atoms with Gasteiger partial charge in [-0.25, -0.2) is 4.68 Å². The van der Waals surface area contributed by atoms with E-state index < -0.39 is 0 Å². The molecule has 0 aliphatic carbocycles. The first-order chi connectivity index (χ1) is 13.2. The molecular weight excluding hydrogens is 336 g/mol. The topological polar surface area (TPSA) is 57.5 Å². The second-order valence-corrected chi connectivity index (χ2v) is 7.26. The molecule has 6 nitrogen and oxygen atoms in total. The summed E-state index contributed by atoms with van der Waals surface area (Å²) in [5.74, 6) is 1.65. The van der Waals surface area contributed by atoms with Gasteiger partial charge in [0.05, 0.1) is 5.69 Å². The molecule has 2 heterocycles. The van der Waals surface area contributed by atoms with E-state index >= 15 is 0 Å². The third kappa shape index (κ3) is 6.10. The number of piperidine rings is 1. The lowest BCUT2D eigenvalue weighted by molar-refractivity contribution is 0.223. The lowest BCUT2D eigenvalue weighted by Gasteiger charge is -2.28. The Morgan fingerprint density at radius 3 is 2.63 bits per heavy atom. The molecule has 27 heavy (non-hydrogen) atoms. The highest BCUT2D eigenvalue weighted by molar-refractivity contribution is 5.79. The van der Waals surface area contributed by atoms with Crippen LogP contribution in [0.4, 0.5) is 0 Å². The largest absolute Gasteiger partial charge is 0.357 e. The van der Waals surface area contributed by atoms with Gasteiger partial charge in [0.1, 0.15) is 0 Å². The summed E-state index contributed by atoms with van der Waals surface area (Å²) >= 11 is 0. The van der Waals surface area contributed by atoms with Crippen molar-refractivity contribution in [3.63, 3.8) is 0 Å². The molecule has 0 spiro atoms. The van der Waals surface area contributed by atoms with Gasteiger partial charge in [0.2, 0.25) is 0 Å². The van der Waals surface area contributed by atoms with Gasteiger partial charge in [-0.2, -0.15) is 5.10 Å². The summed E-state index contributed by atoms with van der Waals surface area (Å²) in [6.07, 6.45) is 7.23. The van der Waals surface area contributed by atoms with Crippen LogP contribution in [0.1, 0.15) is 25.3 Å². The van der Waals surface area contributed by atoms with E-state index in [9.17, 15) is 0 Å². The van der Waals surface area contributed by atoms with Crippen molar-refractivity contribution in [2.75, 3.05) is 39.8 Å². The molecule has 0 radical (unpaired) electrons. The van der Waals surface area contributed by atoms with Gasteiger partial charge in [0.25, 0.3) is 0 Å². The second-order valence-electron chi connectivity index (χ2n) is 7.26. The fourth-order valence-corrected chi connectivity index (χ4v) is 3.37. The third-order valence-corrected chi connectivity index (χ3v) is 5.10. The normalized spacial score (nSPS) is 16.4. The van der Waals surface area contributed by atoms with Crippen LogP contribution in [0, 0.1) is 5.92 Å². The molecule has 0 amide bonds. The summed E-state index contributed by atoms with van der Waals surface area (Å²) in [5, 5.41) is 11.1. The van der Waals surface area contributed by atoms with Gasteiger partial charge in [0.15, 0.2) is 5.96 Å². The summed E-state index contributed by atoms with van der Waals surface area (Å²) in [6.45, 7) is 7.18. The number of aliphatic imine (C=N–C) groups is 1. The fraction of sp³-hybridized carbons (Fsp3) is 0.524. The lowest BCUT2D eigenvalue weighted by Crippen LogP contribution is -2.39. The Labute approximate surface area is 162 Å². The van der Waals surface area contributed by atoms with Crippen LogP contribution in [0.3, 0.4) is 0 Å². The zero-order valence-electron chi connectivity index (χ0n) is 16.6. The molecule has 0 atom stereocenters. The van der Waals surface area contributed by atoms with Crippen molar-refractivity contribution in [3.05, 3.63) is 48.3 Å². The summed E-state index contributed by atoms with van der Waals surface area (Å²) in [7, 11) is 2.20. The van der Waals surface area contributed by atoms with Gasteiger partial charge in [-0.05, 0) is 76.0 Å². The van der Waals surface area contributed by atoms with E-state index in [1.165, 1.54) is 31.5 Å². The van der Waals surface area contributed by atoms with Crippen LogP contribution < -0.4 is 10.6 Å². The highest BCUT2D eigenvalue weighted by Crippen LogP contribution is 2.16. The zero-order valence-corrected chi connectivity index (χ0v) is 16.6. The quantitative estimate of drug-likeness (QED) is 0.582. The Balaban J connectivity index is 1.45. The van der Waals surface area contributed by atoms with E-state index in [0.717, 1.165) is 37.7 Å². The number of hydrogen-bond acceptors (Lipinski definition) is 3. The molecule has 0 bridgehead atoms. The molecule has 2 N–H and O–H groups in total. The zero-order chi connectivity index (χ0) is 18.9. The molecule has 1 fully saturated rings. The van der Waals surface area contributed by atoms with Gasteiger partial charge in [-0.1, -0.05) is 12.1 Å². The first-order valence-electron chi connectivity index (χ1n) is 10.0. The summed E-state index contributed by atoms with van der Waals surface area (Å²) in [5.41, 5.74) is 2.40. The van der Waals surface area contributed by atoms with E-state index in [4.69, 9.17) is 4.99 Å². The first-order valence-corrected chi connectivity index (χ1v) is 10.0. The van der Waals surface area contributed by atoms with Gasteiger partial charge in [-0.3, -0.25) is 4.99 Å². The molecule has 0 saturated carbocycles. The average molecular weight is 369 g/mol. The predicted octanol–water partition coefficient (Wildman–Crippen LogP) is 2.31. The highest BCUT2D eigenvalue weighted by atomic mass is 15.3. The second kappa shape index (κ2) is 10.1. The number of nitrogens with zero attached hydrogens (tertiary/aromatic N) is 4. The minimum atomic E-state index is 0.714. The van der Waals surface area contributed by atoms with E-state index in [-0.39, 0.29) is 0 Å². The molecule has 1 saturated heterocycles. The monoisotopic (exact) mass is 368 g/mol. The van der Waals surface area contributed by atoms with Gasteiger partial charge in [-0.15, -0.1) is 0 Å². The van der Waals surface area contributed by atoms with E-state index in [0.29, 0.717) is 5.92 Å². The molecular formula is C21H32N6. The number of benzene rings is 1. The van der Waals surface area contributed by atoms with Crippen LogP contribution in [-0.4, -0.2) is 60.4 Å². The average Bonchev–Trinajstić information content (AvgIpc) is 3.23. The van der Waals surface area contributed by atoms with Crippen molar-refractivity contribution in [1.29, 1.82) is 0 Å². The molecule has 3 rings (SSSR count). The molecule has 1 aromatic heterocycles. The minimum absolute atomic E-state index is 0.714. The van der Waals surface area contributed by atoms with Crippen molar-refractivity contribution >= 4 is 5.96 Å². The van der Waals surface area contributed by atoms with Crippen molar-refractivity contribution in [2.24, 2.45) is 10.9 Å². The number of rotatable bonds is 7. The van der Waals surface area contributed by atoms with Crippen LogP contribution in [0.15, 0.2) is 47.7 Å². The number of nitrogens with one attached hydrogen (secondary N) is 2. The Morgan fingerprint density at radius 1 is 1.19 bits per heavy atom. The van der Waals surface area contributed by atoms with Crippen molar-refractivity contribution in [1.82, 2.24) is 25.3 Å². The maximum Gasteiger partial charge on any atom is 0.191 e. The molecule has 6 heteroatoms. The SMILES string of the molecule is CCNC(=NCC1CCN(C)CC1)NCCc1ccc(-n2cccn2)cc1. The molecule has 1 aromatic carbocycles. The Kier molecular flexibility index (Phi) is 7.27. The van der Waals surface area contributed by atoms with Crippen molar-refractivity contribution in [2.45, 2.75) is 26.2 Å². The smallest absolute Gasteiger partial charge is 0.191 e. The molecule has 146 valence electrons. The Bertz CT molecular complexity index is 684. The number of likely N-dealkylation sites (tertiary alicyclic amines) is 1. The lowest BCUT2D eigenvalue weighted by atomic mass is 9.97. The molecule has 2 aromatic rings. The summed E-state index contributed by atoms with van der Waals surface area (Å²) in [4.78, 5) is 7.21. The van der Waals surface area contributed by atoms with Crippen LogP contribution >= 0.6 is 0 Å². The molecule has 1 aliphatic rings. The van der Waals surface area contributed by atoms with E-state index in [1.807, 2.05) is 16.9 Å². The number of guanidine groups is 1. The maximum absolute atomic E-state index is 4.81. The predicted molar refractivity (Wildman–Crippen MR) is 111 cm³/mol. The Morgan fingerprint density at radius 2 is 1.96 bits per heavy atom. The molecule has 0 unspecified atom stereocenters. The van der Waals surface area contributed by atoms with Crippen LogP contribution in [-0.2, 0) is 6.42 Å². The van der Waals surface area contributed by atoms with Crippen molar-refractivity contribution < 1.29 is 0 Å². The van der Waals surface area contributed by atoms with Crippen LogP contribution in [0.25, 0.3) is 5.69 Å². The fourth-order valence-electron chi connectivity index (χ4n) is 3.37. The van der Waals surface area contributed by atoms with E-state index in [2.05, 4.69) is 58.9 Å². The third-order valence-electron chi connectivity index (χ3n) is 5.10. The van der Waals surface area contributed by atoms with Crippen LogP contribution in [0.5, 0.6) is 0 Å². The van der Waals surface area contributed by atoms with Crippen LogP contribution in [0.2, 0.25) is 0 Å².